The van der Waals surface area contributed by atoms with Gasteiger partial charge in [0.25, 0.3) is 0 Å². The summed E-state index contributed by atoms with van der Waals surface area (Å²) < 4.78 is 0. The highest BCUT2D eigenvalue weighted by Gasteiger charge is 2.25. The first kappa shape index (κ1) is 10.1. The fraction of sp³-hybridized carbons (Fsp3) is 1.00. The van der Waals surface area contributed by atoms with Crippen molar-refractivity contribution >= 4 is 0 Å². The fourth-order valence-electron chi connectivity index (χ4n) is 3.02. The van der Waals surface area contributed by atoms with Crippen molar-refractivity contribution in [1.82, 2.24) is 0 Å². The molecule has 0 saturated heterocycles. The summed E-state index contributed by atoms with van der Waals surface area (Å²) >= 11 is 0. The van der Waals surface area contributed by atoms with Crippen molar-refractivity contribution in [1.29, 1.82) is 0 Å². The third kappa shape index (κ3) is 2.50. The molecule has 0 heterocycles. The average Bonchev–Trinajstić information content (AvgIpc) is 2.09. The van der Waals surface area contributed by atoms with Gasteiger partial charge in [0.05, 0.1) is 0 Å². The van der Waals surface area contributed by atoms with E-state index in [0.717, 1.165) is 23.7 Å². The summed E-state index contributed by atoms with van der Waals surface area (Å²) in [6, 6.07) is 0. The molecule has 0 radical (unpaired) electrons. The molecule has 1 saturated carbocycles. The summed E-state index contributed by atoms with van der Waals surface area (Å²) in [5, 5.41) is 0. The second-order valence-corrected chi connectivity index (χ2v) is 5.06. The summed E-state index contributed by atoms with van der Waals surface area (Å²) in [5.74, 6) is 3.90. The molecule has 0 aromatic heterocycles. The molecule has 1 aliphatic carbocycles. The van der Waals surface area contributed by atoms with Gasteiger partial charge in [-0.05, 0) is 42.9 Å². The van der Waals surface area contributed by atoms with Crippen molar-refractivity contribution in [2.45, 2.75) is 53.4 Å². The fourth-order valence-corrected chi connectivity index (χ4v) is 3.02. The van der Waals surface area contributed by atoms with Crippen LogP contribution >= 0.6 is 0 Å². The molecule has 0 aromatic carbocycles. The number of hydrogen-bond donors (Lipinski definition) is 0. The van der Waals surface area contributed by atoms with E-state index in [1.165, 1.54) is 25.7 Å². The number of hydrogen-bond acceptors (Lipinski definition) is 0. The Kier molecular flexibility index (Phi) is 3.61. The first-order valence-corrected chi connectivity index (χ1v) is 5.63. The van der Waals surface area contributed by atoms with E-state index in [4.69, 9.17) is 0 Å². The molecule has 0 aliphatic heterocycles. The van der Waals surface area contributed by atoms with Crippen LogP contribution < -0.4 is 0 Å². The maximum absolute atomic E-state index is 2.45. The van der Waals surface area contributed by atoms with E-state index < -0.39 is 0 Å². The quantitative estimate of drug-likeness (QED) is 0.517. The molecule has 4 atom stereocenters. The van der Waals surface area contributed by atoms with Crippen LogP contribution in [0.3, 0.4) is 0 Å². The minimum absolute atomic E-state index is 0.964. The van der Waals surface area contributed by atoms with Crippen LogP contribution in [0.15, 0.2) is 0 Å². The van der Waals surface area contributed by atoms with Crippen LogP contribution in [0.1, 0.15) is 53.4 Å². The summed E-state index contributed by atoms with van der Waals surface area (Å²) in [6.45, 7) is 9.65. The zero-order valence-corrected chi connectivity index (χ0v) is 9.14. The molecular weight excluding hydrogens is 144 g/mol. The first-order chi connectivity index (χ1) is 5.63. The van der Waals surface area contributed by atoms with E-state index in [0.29, 0.717) is 0 Å². The minimum Gasteiger partial charge on any atom is -0.0651 e. The van der Waals surface area contributed by atoms with E-state index in [-0.39, 0.29) is 0 Å². The van der Waals surface area contributed by atoms with Crippen molar-refractivity contribution in [2.75, 3.05) is 0 Å². The number of rotatable bonds is 1. The molecule has 0 heteroatoms. The van der Waals surface area contributed by atoms with Crippen molar-refractivity contribution in [3.05, 3.63) is 0 Å². The van der Waals surface area contributed by atoms with Crippen LogP contribution in [0.2, 0.25) is 0 Å². The van der Waals surface area contributed by atoms with Crippen molar-refractivity contribution in [3.8, 4) is 0 Å². The van der Waals surface area contributed by atoms with Gasteiger partial charge < -0.3 is 0 Å². The van der Waals surface area contributed by atoms with Crippen LogP contribution in [0.25, 0.3) is 0 Å². The van der Waals surface area contributed by atoms with E-state index in [2.05, 4.69) is 27.7 Å². The second kappa shape index (κ2) is 4.30. The van der Waals surface area contributed by atoms with Gasteiger partial charge in [-0.15, -0.1) is 0 Å². The normalized spacial score (nSPS) is 44.0. The highest BCUT2D eigenvalue weighted by molar-refractivity contribution is 4.76. The van der Waals surface area contributed by atoms with Gasteiger partial charge in [0, 0.05) is 0 Å². The predicted octanol–water partition coefficient (Wildman–Crippen LogP) is 4.10. The van der Waals surface area contributed by atoms with E-state index >= 15 is 0 Å². The molecule has 1 fully saturated rings. The molecule has 0 spiro atoms. The smallest absolute Gasteiger partial charge is 0.0388 e. The van der Waals surface area contributed by atoms with Gasteiger partial charge in [-0.25, -0.2) is 0 Å². The minimum atomic E-state index is 0.964. The predicted molar refractivity (Wildman–Crippen MR) is 55.1 cm³/mol. The Hall–Kier alpha value is 0. The maximum atomic E-state index is 2.45. The highest BCUT2D eigenvalue weighted by Crippen LogP contribution is 2.36. The van der Waals surface area contributed by atoms with Crippen LogP contribution in [0.5, 0.6) is 0 Å². The van der Waals surface area contributed by atoms with Gasteiger partial charge in [0.2, 0.25) is 0 Å². The summed E-state index contributed by atoms with van der Waals surface area (Å²) in [7, 11) is 0. The third-order valence-electron chi connectivity index (χ3n) is 3.61. The molecule has 1 aliphatic rings. The Morgan fingerprint density at radius 3 is 2.08 bits per heavy atom. The van der Waals surface area contributed by atoms with Gasteiger partial charge in [-0.3, -0.25) is 0 Å². The lowest BCUT2D eigenvalue weighted by molar-refractivity contribution is 0.299. The Balaban J connectivity index is 2.54. The van der Waals surface area contributed by atoms with E-state index in [1.54, 1.807) is 0 Å². The highest BCUT2D eigenvalue weighted by atomic mass is 14.3. The lowest BCUT2D eigenvalue weighted by atomic mass is 9.85. The molecule has 12 heavy (non-hydrogen) atoms. The summed E-state index contributed by atoms with van der Waals surface area (Å²) in [5.41, 5.74) is 0. The van der Waals surface area contributed by atoms with Gasteiger partial charge in [-0.1, -0.05) is 34.1 Å². The molecule has 4 unspecified atom stereocenters. The Morgan fingerprint density at radius 2 is 1.50 bits per heavy atom. The summed E-state index contributed by atoms with van der Waals surface area (Å²) in [6.07, 6.45) is 5.78. The SMILES string of the molecule is CCC1CC(C)CC(C)CC1C. The topological polar surface area (TPSA) is 0 Å². The average molecular weight is 168 g/mol. The molecule has 0 N–H and O–H groups in total. The van der Waals surface area contributed by atoms with E-state index in [9.17, 15) is 0 Å². The Labute approximate surface area is 77.7 Å². The van der Waals surface area contributed by atoms with Crippen LogP contribution in [0.4, 0.5) is 0 Å². The van der Waals surface area contributed by atoms with Crippen LogP contribution in [-0.2, 0) is 0 Å². The van der Waals surface area contributed by atoms with E-state index in [1.807, 2.05) is 0 Å². The van der Waals surface area contributed by atoms with Gasteiger partial charge in [-0.2, -0.15) is 0 Å². The van der Waals surface area contributed by atoms with Gasteiger partial charge in [0.15, 0.2) is 0 Å². The second-order valence-electron chi connectivity index (χ2n) is 5.06. The zero-order chi connectivity index (χ0) is 9.14. The molecule has 0 bridgehead atoms. The van der Waals surface area contributed by atoms with Crippen LogP contribution in [-0.4, -0.2) is 0 Å². The van der Waals surface area contributed by atoms with Crippen molar-refractivity contribution < 1.29 is 0 Å². The molecular formula is C12H24. The lowest BCUT2D eigenvalue weighted by Gasteiger charge is -2.21. The van der Waals surface area contributed by atoms with Crippen LogP contribution in [0, 0.1) is 23.7 Å². The van der Waals surface area contributed by atoms with Gasteiger partial charge in [0.1, 0.15) is 0 Å². The lowest BCUT2D eigenvalue weighted by Crippen LogP contribution is -2.11. The molecule has 1 rings (SSSR count). The van der Waals surface area contributed by atoms with Gasteiger partial charge >= 0.3 is 0 Å². The Bertz CT molecular complexity index is 128. The largest absolute Gasteiger partial charge is 0.0651 e. The van der Waals surface area contributed by atoms with Crippen molar-refractivity contribution in [2.24, 2.45) is 23.7 Å². The third-order valence-corrected chi connectivity index (χ3v) is 3.61. The first-order valence-electron chi connectivity index (χ1n) is 5.63. The Morgan fingerprint density at radius 1 is 0.917 bits per heavy atom. The molecule has 0 aromatic rings. The molecule has 0 amide bonds. The zero-order valence-electron chi connectivity index (χ0n) is 9.14. The molecule has 72 valence electrons. The maximum Gasteiger partial charge on any atom is -0.0388 e. The monoisotopic (exact) mass is 168 g/mol. The van der Waals surface area contributed by atoms with Crippen molar-refractivity contribution in [3.63, 3.8) is 0 Å². The molecule has 0 nitrogen and oxygen atoms in total. The standard InChI is InChI=1S/C12H24/c1-5-12-8-10(3)6-9(2)7-11(12)4/h9-12H,5-8H2,1-4H3. The summed E-state index contributed by atoms with van der Waals surface area (Å²) in [4.78, 5) is 0.